The molecule has 0 aromatic heterocycles. The van der Waals surface area contributed by atoms with Crippen molar-refractivity contribution in [2.45, 2.75) is 168 Å². The molecule has 0 aliphatic carbocycles. The van der Waals surface area contributed by atoms with Crippen LogP contribution < -0.4 is 5.73 Å². The van der Waals surface area contributed by atoms with Gasteiger partial charge in [0.05, 0.1) is 19.5 Å². The van der Waals surface area contributed by atoms with Gasteiger partial charge in [-0.1, -0.05) is 170 Å². The van der Waals surface area contributed by atoms with Crippen LogP contribution >= 0.6 is 7.82 Å². The normalized spacial score (nSPS) is 14.3. The maximum atomic E-state index is 12.5. The molecule has 0 fully saturated rings. The van der Waals surface area contributed by atoms with Crippen LogP contribution in [0, 0.1) is 0 Å². The van der Waals surface area contributed by atoms with Crippen LogP contribution in [0.3, 0.4) is 0 Å². The third-order valence-electron chi connectivity index (χ3n) is 8.40. The summed E-state index contributed by atoms with van der Waals surface area (Å²) in [6.45, 7) is 4.03. The van der Waals surface area contributed by atoms with Gasteiger partial charge in [-0.2, -0.15) is 0 Å². The lowest BCUT2D eigenvalue weighted by atomic mass is 10.0. The lowest BCUT2D eigenvalue weighted by Crippen LogP contribution is -2.27. The van der Waals surface area contributed by atoms with E-state index in [2.05, 4.69) is 74.6 Å². The van der Waals surface area contributed by atoms with E-state index in [1.54, 1.807) is 6.26 Å². The Kier molecular flexibility index (Phi) is 39.8. The fourth-order valence-corrected chi connectivity index (χ4v) is 6.11. The quantitative estimate of drug-likeness (QED) is 0.0208. The summed E-state index contributed by atoms with van der Waals surface area (Å²) in [7, 11) is -4.32. The highest BCUT2D eigenvalue weighted by atomic mass is 31.2. The standard InChI is InChI=1S/C45H78NO7P/c1-3-5-7-9-11-13-15-17-19-21-22-23-24-26-28-30-32-34-36-38-45(47)53-44(43-52-54(48,49)51-41-39-46)42-50-40-37-35-33-31-29-27-25-20-18-16-14-12-10-8-6-4-2/h5,7,11,13,17,19,22-23,26,28,32,34,37,40,44H,3-4,6,8-10,12,14-16,18,20-21,24-25,27,29-31,33,35-36,38-39,41-43,46H2,1-2H3,(H,48,49)/b7-5-,13-11-,19-17-,23-22-,28-26-,34-32-,40-37-/t44-/m1/s1. The van der Waals surface area contributed by atoms with Crippen molar-refractivity contribution < 1.29 is 32.8 Å². The van der Waals surface area contributed by atoms with Crippen LogP contribution in [0.1, 0.15) is 162 Å². The Balaban J connectivity index is 4.25. The van der Waals surface area contributed by atoms with E-state index < -0.39 is 19.9 Å². The van der Waals surface area contributed by atoms with Crippen LogP contribution in [0.4, 0.5) is 0 Å². The molecule has 0 saturated heterocycles. The molecule has 8 nitrogen and oxygen atoms in total. The largest absolute Gasteiger partial charge is 0.498 e. The highest BCUT2D eigenvalue weighted by Gasteiger charge is 2.25. The van der Waals surface area contributed by atoms with Crippen molar-refractivity contribution in [3.8, 4) is 0 Å². The van der Waals surface area contributed by atoms with Gasteiger partial charge in [0, 0.05) is 13.0 Å². The van der Waals surface area contributed by atoms with E-state index in [1.165, 1.54) is 83.5 Å². The predicted octanol–water partition coefficient (Wildman–Crippen LogP) is 12.9. The Bertz CT molecular complexity index is 1100. The summed E-state index contributed by atoms with van der Waals surface area (Å²) in [5.74, 6) is -0.436. The minimum absolute atomic E-state index is 0.00220. The number of phosphoric ester groups is 1. The number of ether oxygens (including phenoxy) is 2. The minimum Gasteiger partial charge on any atom is -0.498 e. The summed E-state index contributed by atoms with van der Waals surface area (Å²) in [4.78, 5) is 22.4. The number of phosphoric acid groups is 1. The van der Waals surface area contributed by atoms with E-state index in [0.717, 1.165) is 51.4 Å². The van der Waals surface area contributed by atoms with Crippen LogP contribution in [0.2, 0.25) is 0 Å². The lowest BCUT2D eigenvalue weighted by Gasteiger charge is -2.19. The van der Waals surface area contributed by atoms with Gasteiger partial charge < -0.3 is 20.1 Å². The summed E-state index contributed by atoms with van der Waals surface area (Å²) in [5.41, 5.74) is 5.35. The second-order valence-electron chi connectivity index (χ2n) is 13.5. The van der Waals surface area contributed by atoms with Crippen molar-refractivity contribution in [2.24, 2.45) is 5.73 Å². The summed E-state index contributed by atoms with van der Waals surface area (Å²) < 4.78 is 33.1. The molecule has 0 heterocycles. The van der Waals surface area contributed by atoms with Crippen LogP contribution in [0.25, 0.3) is 0 Å². The van der Waals surface area contributed by atoms with E-state index in [-0.39, 0.29) is 32.8 Å². The number of rotatable bonds is 39. The number of nitrogens with two attached hydrogens (primary N) is 1. The molecule has 0 amide bonds. The van der Waals surface area contributed by atoms with E-state index in [9.17, 15) is 14.3 Å². The Morgan fingerprint density at radius 1 is 0.593 bits per heavy atom. The van der Waals surface area contributed by atoms with Gasteiger partial charge in [-0.25, -0.2) is 4.57 Å². The first-order chi connectivity index (χ1) is 26.4. The molecule has 2 atom stereocenters. The number of hydrogen-bond acceptors (Lipinski definition) is 7. The lowest BCUT2D eigenvalue weighted by molar-refractivity contribution is -0.153. The monoisotopic (exact) mass is 776 g/mol. The van der Waals surface area contributed by atoms with Crippen LogP contribution in [0.15, 0.2) is 85.3 Å². The highest BCUT2D eigenvalue weighted by Crippen LogP contribution is 2.43. The number of hydrogen-bond donors (Lipinski definition) is 2. The van der Waals surface area contributed by atoms with E-state index >= 15 is 0 Å². The maximum absolute atomic E-state index is 12.5. The Hall–Kier alpha value is -2.48. The zero-order valence-corrected chi connectivity index (χ0v) is 35.1. The third kappa shape index (κ3) is 40.7. The average molecular weight is 776 g/mol. The third-order valence-corrected chi connectivity index (χ3v) is 9.39. The first kappa shape index (κ1) is 51.5. The SMILES string of the molecule is CC/C=C\C/C=C\C/C=C\C/C=C\C/C=C\C/C=C\CCC(=O)O[C@H](CO/C=C\CCCCCCCCCCCCCCCC)COP(=O)(O)OCCN. The highest BCUT2D eigenvalue weighted by molar-refractivity contribution is 7.47. The summed E-state index contributed by atoms with van der Waals surface area (Å²) in [6, 6.07) is 0. The molecule has 54 heavy (non-hydrogen) atoms. The van der Waals surface area contributed by atoms with E-state index in [4.69, 9.17) is 24.3 Å². The van der Waals surface area contributed by atoms with Crippen LogP contribution in [0.5, 0.6) is 0 Å². The second-order valence-corrected chi connectivity index (χ2v) is 15.0. The van der Waals surface area contributed by atoms with Gasteiger partial charge in [0.1, 0.15) is 6.61 Å². The molecule has 0 bridgehead atoms. The number of allylic oxidation sites excluding steroid dienone is 13. The number of carbonyl (C=O) groups is 1. The molecule has 9 heteroatoms. The van der Waals surface area contributed by atoms with Gasteiger partial charge in [-0.3, -0.25) is 13.8 Å². The van der Waals surface area contributed by atoms with Gasteiger partial charge in [-0.05, 0) is 63.9 Å². The van der Waals surface area contributed by atoms with Gasteiger partial charge in [0.25, 0.3) is 0 Å². The molecule has 0 rings (SSSR count). The van der Waals surface area contributed by atoms with Gasteiger partial charge >= 0.3 is 13.8 Å². The molecule has 0 radical (unpaired) electrons. The van der Waals surface area contributed by atoms with Gasteiger partial charge in [0.15, 0.2) is 6.10 Å². The summed E-state index contributed by atoms with van der Waals surface area (Å²) >= 11 is 0. The first-order valence-corrected chi connectivity index (χ1v) is 22.6. The van der Waals surface area contributed by atoms with Gasteiger partial charge in [-0.15, -0.1) is 0 Å². The van der Waals surface area contributed by atoms with Crippen molar-refractivity contribution in [2.75, 3.05) is 26.4 Å². The zero-order valence-electron chi connectivity index (χ0n) is 34.2. The molecule has 0 aliphatic rings. The topological polar surface area (TPSA) is 117 Å². The Labute approximate surface area is 330 Å². The molecule has 0 spiro atoms. The Morgan fingerprint density at radius 2 is 1.06 bits per heavy atom. The number of esters is 1. The summed E-state index contributed by atoms with van der Waals surface area (Å²) in [5, 5.41) is 0. The second kappa shape index (κ2) is 41.7. The van der Waals surface area contributed by atoms with Crippen molar-refractivity contribution in [3.05, 3.63) is 85.3 Å². The van der Waals surface area contributed by atoms with Crippen molar-refractivity contribution in [3.63, 3.8) is 0 Å². The predicted molar refractivity (Wildman–Crippen MR) is 228 cm³/mol. The molecule has 0 aromatic carbocycles. The molecular formula is C45H78NO7P. The fraction of sp³-hybridized carbons (Fsp3) is 0.667. The number of carbonyl (C=O) groups excluding carboxylic acids is 1. The molecule has 0 aliphatic heterocycles. The molecule has 0 saturated carbocycles. The maximum Gasteiger partial charge on any atom is 0.472 e. The molecule has 1 unspecified atom stereocenters. The molecular weight excluding hydrogens is 697 g/mol. The van der Waals surface area contributed by atoms with Crippen LogP contribution in [-0.2, 0) is 27.9 Å². The summed E-state index contributed by atoms with van der Waals surface area (Å²) in [6.07, 6.45) is 54.2. The molecule has 3 N–H and O–H groups in total. The van der Waals surface area contributed by atoms with Crippen LogP contribution in [-0.4, -0.2) is 43.3 Å². The molecule has 310 valence electrons. The smallest absolute Gasteiger partial charge is 0.472 e. The fourth-order valence-electron chi connectivity index (χ4n) is 5.34. The van der Waals surface area contributed by atoms with Gasteiger partial charge in [0.2, 0.25) is 0 Å². The zero-order chi connectivity index (χ0) is 39.5. The van der Waals surface area contributed by atoms with Crippen molar-refractivity contribution in [1.29, 1.82) is 0 Å². The van der Waals surface area contributed by atoms with Crippen molar-refractivity contribution in [1.82, 2.24) is 0 Å². The number of unbranched alkanes of at least 4 members (excludes halogenated alkanes) is 14. The first-order valence-electron chi connectivity index (χ1n) is 21.1. The van der Waals surface area contributed by atoms with Crippen molar-refractivity contribution >= 4 is 13.8 Å². The van der Waals surface area contributed by atoms with E-state index in [0.29, 0.717) is 6.42 Å². The van der Waals surface area contributed by atoms with E-state index in [1.807, 2.05) is 18.2 Å². The average Bonchev–Trinajstić information content (AvgIpc) is 3.16. The Morgan fingerprint density at radius 3 is 1.54 bits per heavy atom. The minimum atomic E-state index is -4.32. The molecule has 0 aromatic rings.